The van der Waals surface area contributed by atoms with Gasteiger partial charge in [0.05, 0.1) is 18.1 Å². The monoisotopic (exact) mass is 264 g/mol. The number of aldehydes is 1. The van der Waals surface area contributed by atoms with Gasteiger partial charge in [-0.25, -0.2) is 0 Å². The number of alkyl halides is 3. The van der Waals surface area contributed by atoms with Crippen LogP contribution in [0.15, 0.2) is 11.6 Å². The van der Waals surface area contributed by atoms with E-state index in [0.29, 0.717) is 0 Å². The lowest BCUT2D eigenvalue weighted by atomic mass is 10.1. The molecule has 6 heteroatoms. The zero-order chi connectivity index (χ0) is 14.1. The van der Waals surface area contributed by atoms with Crippen molar-refractivity contribution in [2.24, 2.45) is 17.3 Å². The summed E-state index contributed by atoms with van der Waals surface area (Å²) in [7, 11) is 0. The summed E-state index contributed by atoms with van der Waals surface area (Å²) in [4.78, 5) is 22.0. The molecule has 0 N–H and O–H groups in total. The molecule has 0 aliphatic heterocycles. The summed E-state index contributed by atoms with van der Waals surface area (Å²) in [6.45, 7) is 5.16. The first-order valence-corrected chi connectivity index (χ1v) is 5.57. The largest absolute Gasteiger partial charge is 0.466 e. The smallest absolute Gasteiger partial charge is 0.419 e. The number of carbonyl (C=O) groups excluding carboxylic acids is 2. The number of hydrogen-bond donors (Lipinski definition) is 0. The average molecular weight is 264 g/mol. The van der Waals surface area contributed by atoms with Crippen LogP contribution in [0.4, 0.5) is 13.2 Å². The first-order chi connectivity index (χ1) is 8.16. The number of esters is 1. The number of hydrogen-bond acceptors (Lipinski definition) is 3. The van der Waals surface area contributed by atoms with E-state index in [2.05, 4.69) is 0 Å². The summed E-state index contributed by atoms with van der Waals surface area (Å²) >= 11 is 0. The zero-order valence-electron chi connectivity index (χ0n) is 10.4. The molecule has 0 aromatic heterocycles. The Labute approximate surface area is 103 Å². The van der Waals surface area contributed by atoms with Gasteiger partial charge < -0.3 is 4.74 Å². The SMILES string of the molecule is CCOC(=O)C1C(/C=C(\C=O)C(F)(F)F)C1(C)C. The second-order valence-corrected chi connectivity index (χ2v) is 4.81. The Morgan fingerprint density at radius 1 is 1.39 bits per heavy atom. The Kier molecular flexibility index (Phi) is 3.88. The molecule has 1 rings (SSSR count). The van der Waals surface area contributed by atoms with E-state index in [1.807, 2.05) is 0 Å². The van der Waals surface area contributed by atoms with Crippen LogP contribution in [-0.4, -0.2) is 25.0 Å². The molecule has 2 unspecified atom stereocenters. The Balaban J connectivity index is 2.89. The molecule has 0 heterocycles. The van der Waals surface area contributed by atoms with Crippen molar-refractivity contribution in [2.45, 2.75) is 26.9 Å². The summed E-state index contributed by atoms with van der Waals surface area (Å²) in [6, 6.07) is 0. The Bertz CT molecular complexity index is 383. The van der Waals surface area contributed by atoms with Crippen LogP contribution in [0.5, 0.6) is 0 Å². The highest BCUT2D eigenvalue weighted by molar-refractivity contribution is 5.80. The van der Waals surface area contributed by atoms with Gasteiger partial charge in [-0.05, 0) is 18.3 Å². The molecule has 18 heavy (non-hydrogen) atoms. The van der Waals surface area contributed by atoms with Crippen LogP contribution >= 0.6 is 0 Å². The Morgan fingerprint density at radius 2 is 1.94 bits per heavy atom. The normalized spacial score (nSPS) is 26.7. The lowest BCUT2D eigenvalue weighted by molar-refractivity contribution is -0.145. The highest BCUT2D eigenvalue weighted by Gasteiger charge is 2.62. The Hall–Kier alpha value is -1.33. The maximum Gasteiger partial charge on any atom is 0.419 e. The number of ether oxygens (including phenoxy) is 1. The van der Waals surface area contributed by atoms with Gasteiger partial charge in [-0.1, -0.05) is 19.9 Å². The summed E-state index contributed by atoms with van der Waals surface area (Å²) in [5.41, 5.74) is -1.85. The van der Waals surface area contributed by atoms with Crippen molar-refractivity contribution in [3.8, 4) is 0 Å². The molecule has 0 bridgehead atoms. The van der Waals surface area contributed by atoms with Crippen LogP contribution in [0.25, 0.3) is 0 Å². The molecule has 2 atom stereocenters. The van der Waals surface area contributed by atoms with Crippen molar-refractivity contribution in [1.29, 1.82) is 0 Å². The summed E-state index contributed by atoms with van der Waals surface area (Å²) in [6.07, 6.45) is -4.08. The van der Waals surface area contributed by atoms with Crippen molar-refractivity contribution >= 4 is 12.3 Å². The van der Waals surface area contributed by atoms with E-state index in [1.54, 1.807) is 20.8 Å². The van der Waals surface area contributed by atoms with Gasteiger partial charge in [0.1, 0.15) is 0 Å². The minimum absolute atomic E-state index is 0.182. The number of rotatable bonds is 4. The summed E-state index contributed by atoms with van der Waals surface area (Å²) in [5, 5.41) is 0. The van der Waals surface area contributed by atoms with Crippen LogP contribution in [-0.2, 0) is 14.3 Å². The summed E-state index contributed by atoms with van der Waals surface area (Å²) in [5.74, 6) is -1.75. The highest BCUT2D eigenvalue weighted by atomic mass is 19.4. The lowest BCUT2D eigenvalue weighted by Gasteiger charge is -2.05. The van der Waals surface area contributed by atoms with Crippen molar-refractivity contribution < 1.29 is 27.5 Å². The van der Waals surface area contributed by atoms with E-state index in [1.165, 1.54) is 0 Å². The van der Waals surface area contributed by atoms with Crippen molar-refractivity contribution in [2.75, 3.05) is 6.61 Å². The lowest BCUT2D eigenvalue weighted by Crippen LogP contribution is -2.14. The van der Waals surface area contributed by atoms with E-state index >= 15 is 0 Å². The first-order valence-electron chi connectivity index (χ1n) is 5.57. The predicted molar refractivity (Wildman–Crippen MR) is 57.6 cm³/mol. The van der Waals surface area contributed by atoms with Gasteiger partial charge in [-0.15, -0.1) is 0 Å². The second-order valence-electron chi connectivity index (χ2n) is 4.81. The van der Waals surface area contributed by atoms with Gasteiger partial charge in [0.25, 0.3) is 0 Å². The highest BCUT2D eigenvalue weighted by Crippen LogP contribution is 2.60. The third kappa shape index (κ3) is 2.73. The molecule has 1 aliphatic rings. The molecule has 3 nitrogen and oxygen atoms in total. The molecular weight excluding hydrogens is 249 g/mol. The van der Waals surface area contributed by atoms with Crippen LogP contribution < -0.4 is 0 Å². The van der Waals surface area contributed by atoms with Gasteiger partial charge in [0.15, 0.2) is 6.29 Å². The van der Waals surface area contributed by atoms with Crippen molar-refractivity contribution in [3.05, 3.63) is 11.6 Å². The van der Waals surface area contributed by atoms with E-state index in [9.17, 15) is 22.8 Å². The minimum atomic E-state index is -4.68. The fourth-order valence-corrected chi connectivity index (χ4v) is 2.06. The number of halogens is 3. The topological polar surface area (TPSA) is 43.4 Å². The van der Waals surface area contributed by atoms with Crippen LogP contribution in [0.3, 0.4) is 0 Å². The van der Waals surface area contributed by atoms with Gasteiger partial charge in [0, 0.05) is 0 Å². The van der Waals surface area contributed by atoms with Gasteiger partial charge in [0.2, 0.25) is 0 Å². The minimum Gasteiger partial charge on any atom is -0.466 e. The third-order valence-corrected chi connectivity index (χ3v) is 3.26. The quantitative estimate of drug-likeness (QED) is 0.445. The van der Waals surface area contributed by atoms with Gasteiger partial charge in [-0.3, -0.25) is 9.59 Å². The van der Waals surface area contributed by atoms with Crippen LogP contribution in [0.2, 0.25) is 0 Å². The van der Waals surface area contributed by atoms with Crippen molar-refractivity contribution in [3.63, 3.8) is 0 Å². The molecule has 102 valence electrons. The van der Waals surface area contributed by atoms with E-state index in [4.69, 9.17) is 4.74 Å². The number of allylic oxidation sites excluding steroid dienone is 2. The molecular formula is C12H15F3O3. The third-order valence-electron chi connectivity index (χ3n) is 3.26. The fraction of sp³-hybridized carbons (Fsp3) is 0.667. The fourth-order valence-electron chi connectivity index (χ4n) is 2.06. The van der Waals surface area contributed by atoms with Crippen LogP contribution in [0.1, 0.15) is 20.8 Å². The molecule has 0 saturated heterocycles. The molecule has 0 aromatic rings. The van der Waals surface area contributed by atoms with E-state index in [0.717, 1.165) is 6.08 Å². The van der Waals surface area contributed by atoms with Crippen molar-refractivity contribution in [1.82, 2.24) is 0 Å². The van der Waals surface area contributed by atoms with Crippen LogP contribution in [0, 0.1) is 17.3 Å². The first kappa shape index (κ1) is 14.7. The zero-order valence-corrected chi connectivity index (χ0v) is 10.4. The second kappa shape index (κ2) is 4.74. The van der Waals surface area contributed by atoms with E-state index < -0.39 is 35.0 Å². The maximum atomic E-state index is 12.4. The standard InChI is InChI=1S/C12H15F3O3/c1-4-18-10(17)9-8(11(9,2)3)5-7(6-16)12(13,14)15/h5-6,8-9H,4H2,1-3H3/b7-5+. The molecule has 0 spiro atoms. The molecule has 1 saturated carbocycles. The maximum absolute atomic E-state index is 12.4. The Morgan fingerprint density at radius 3 is 2.33 bits per heavy atom. The predicted octanol–water partition coefficient (Wildman–Crippen LogP) is 2.51. The summed E-state index contributed by atoms with van der Waals surface area (Å²) < 4.78 is 42.1. The van der Waals surface area contributed by atoms with Gasteiger partial charge >= 0.3 is 12.1 Å². The molecule has 1 fully saturated rings. The molecule has 0 amide bonds. The number of carbonyl (C=O) groups is 2. The molecule has 0 radical (unpaired) electrons. The molecule has 1 aliphatic carbocycles. The molecule has 0 aromatic carbocycles. The van der Waals surface area contributed by atoms with E-state index in [-0.39, 0.29) is 12.9 Å². The van der Waals surface area contributed by atoms with Gasteiger partial charge in [-0.2, -0.15) is 13.2 Å². The average Bonchev–Trinajstić information content (AvgIpc) is 2.75.